The third-order valence-electron chi connectivity index (χ3n) is 4.89. The molecule has 30 heavy (non-hydrogen) atoms. The number of carbonyl (C=O) groups is 1. The van der Waals surface area contributed by atoms with E-state index in [1.54, 1.807) is 36.7 Å². The summed E-state index contributed by atoms with van der Waals surface area (Å²) < 4.78 is 5.85. The largest absolute Gasteiger partial charge is 0.489 e. The number of aromatic nitrogens is 1. The van der Waals surface area contributed by atoms with Crippen molar-refractivity contribution < 1.29 is 14.6 Å². The summed E-state index contributed by atoms with van der Waals surface area (Å²) in [6.07, 6.45) is 2.45. The zero-order chi connectivity index (χ0) is 21.6. The predicted molar refractivity (Wildman–Crippen MR) is 117 cm³/mol. The van der Waals surface area contributed by atoms with Crippen LogP contribution in [0.3, 0.4) is 0 Å². The number of amides is 1. The standard InChI is InChI=1S/C25H28N2O3/c1-25(2,3)21-8-10-22(11-9-21)30-17-18-4-6-20(7-5-18)24(29)27-16-23(28)19-12-14-26-15-13-19/h4-15,23,28H,16-17H2,1-3H3,(H,27,29). The summed E-state index contributed by atoms with van der Waals surface area (Å²) in [6, 6.07) is 18.9. The number of ether oxygens (including phenoxy) is 1. The lowest BCUT2D eigenvalue weighted by Gasteiger charge is -2.19. The van der Waals surface area contributed by atoms with Gasteiger partial charge in [-0.2, -0.15) is 0 Å². The molecule has 1 atom stereocenters. The topological polar surface area (TPSA) is 71.5 Å². The van der Waals surface area contributed by atoms with Gasteiger partial charge in [0.25, 0.3) is 5.91 Å². The summed E-state index contributed by atoms with van der Waals surface area (Å²) in [5.41, 5.74) is 3.61. The Hall–Kier alpha value is -3.18. The summed E-state index contributed by atoms with van der Waals surface area (Å²) in [6.45, 7) is 7.11. The molecule has 1 amide bonds. The van der Waals surface area contributed by atoms with Gasteiger partial charge in [0.1, 0.15) is 12.4 Å². The molecule has 3 aromatic rings. The Morgan fingerprint density at radius 3 is 2.23 bits per heavy atom. The molecule has 1 aromatic heterocycles. The highest BCUT2D eigenvalue weighted by atomic mass is 16.5. The predicted octanol–water partition coefficient (Wildman–Crippen LogP) is 4.42. The van der Waals surface area contributed by atoms with E-state index in [-0.39, 0.29) is 17.9 Å². The number of aliphatic hydroxyl groups is 1. The van der Waals surface area contributed by atoms with Gasteiger partial charge in [-0.05, 0) is 58.5 Å². The molecule has 0 saturated carbocycles. The molecule has 1 heterocycles. The maximum atomic E-state index is 12.3. The SMILES string of the molecule is CC(C)(C)c1ccc(OCc2ccc(C(=O)NCC(O)c3ccncc3)cc2)cc1. The lowest BCUT2D eigenvalue weighted by atomic mass is 9.87. The van der Waals surface area contributed by atoms with Crippen molar-refractivity contribution in [3.05, 3.63) is 95.3 Å². The van der Waals surface area contributed by atoms with Gasteiger partial charge in [0.05, 0.1) is 6.10 Å². The number of hydrogen-bond acceptors (Lipinski definition) is 4. The molecule has 0 saturated heterocycles. The fourth-order valence-corrected chi connectivity index (χ4v) is 2.97. The highest BCUT2D eigenvalue weighted by Gasteiger charge is 2.13. The number of pyridine rings is 1. The van der Waals surface area contributed by atoms with E-state index in [0.717, 1.165) is 11.3 Å². The third kappa shape index (κ3) is 5.91. The van der Waals surface area contributed by atoms with Gasteiger partial charge in [-0.3, -0.25) is 9.78 Å². The minimum absolute atomic E-state index is 0.114. The van der Waals surface area contributed by atoms with Gasteiger partial charge in [0.2, 0.25) is 0 Å². The molecule has 1 unspecified atom stereocenters. The van der Waals surface area contributed by atoms with Crippen LogP contribution in [-0.2, 0) is 12.0 Å². The first-order chi connectivity index (χ1) is 14.3. The van der Waals surface area contributed by atoms with Crippen LogP contribution in [0, 0.1) is 0 Å². The number of aliphatic hydroxyl groups excluding tert-OH is 1. The Labute approximate surface area is 177 Å². The van der Waals surface area contributed by atoms with Crippen LogP contribution < -0.4 is 10.1 Å². The maximum absolute atomic E-state index is 12.3. The van der Waals surface area contributed by atoms with E-state index < -0.39 is 6.10 Å². The number of carbonyl (C=O) groups excluding carboxylic acids is 1. The monoisotopic (exact) mass is 404 g/mol. The van der Waals surface area contributed by atoms with Gasteiger partial charge < -0.3 is 15.2 Å². The first kappa shape index (κ1) is 21.5. The Bertz CT molecular complexity index is 946. The summed E-state index contributed by atoms with van der Waals surface area (Å²) in [5.74, 6) is 0.586. The highest BCUT2D eigenvalue weighted by Crippen LogP contribution is 2.24. The fourth-order valence-electron chi connectivity index (χ4n) is 2.97. The smallest absolute Gasteiger partial charge is 0.251 e. The molecule has 0 fully saturated rings. The van der Waals surface area contributed by atoms with Gasteiger partial charge in [-0.1, -0.05) is 45.0 Å². The Morgan fingerprint density at radius 2 is 1.63 bits per heavy atom. The molecule has 2 aromatic carbocycles. The summed E-state index contributed by atoms with van der Waals surface area (Å²) >= 11 is 0. The molecule has 0 aliphatic rings. The molecule has 156 valence electrons. The second-order valence-corrected chi connectivity index (χ2v) is 8.27. The van der Waals surface area contributed by atoms with Crippen molar-refractivity contribution in [2.45, 2.75) is 38.9 Å². The van der Waals surface area contributed by atoms with Crippen LogP contribution in [0.5, 0.6) is 5.75 Å². The maximum Gasteiger partial charge on any atom is 0.251 e. The van der Waals surface area contributed by atoms with Gasteiger partial charge in [-0.15, -0.1) is 0 Å². The van der Waals surface area contributed by atoms with Crippen LogP contribution in [0.4, 0.5) is 0 Å². The second kappa shape index (κ2) is 9.55. The van der Waals surface area contributed by atoms with Gasteiger partial charge in [0.15, 0.2) is 0 Å². The molecule has 2 N–H and O–H groups in total. The second-order valence-electron chi connectivity index (χ2n) is 8.27. The molecule has 0 bridgehead atoms. The zero-order valence-electron chi connectivity index (χ0n) is 17.6. The molecule has 0 spiro atoms. The molecular formula is C25H28N2O3. The van der Waals surface area contributed by atoms with Gasteiger partial charge in [0, 0.05) is 24.5 Å². The van der Waals surface area contributed by atoms with E-state index in [2.05, 4.69) is 43.2 Å². The molecule has 3 rings (SSSR count). The third-order valence-corrected chi connectivity index (χ3v) is 4.89. The Kier molecular flexibility index (Phi) is 6.85. The molecule has 5 nitrogen and oxygen atoms in total. The van der Waals surface area contributed by atoms with Crippen LogP contribution >= 0.6 is 0 Å². The molecule has 0 radical (unpaired) electrons. The van der Waals surface area contributed by atoms with Crippen molar-refractivity contribution in [2.24, 2.45) is 0 Å². The van der Waals surface area contributed by atoms with Crippen molar-refractivity contribution in [1.82, 2.24) is 10.3 Å². The lowest BCUT2D eigenvalue weighted by Crippen LogP contribution is -2.28. The van der Waals surface area contributed by atoms with Crippen molar-refractivity contribution in [3.63, 3.8) is 0 Å². The Balaban J connectivity index is 1.50. The van der Waals surface area contributed by atoms with Crippen molar-refractivity contribution in [2.75, 3.05) is 6.54 Å². The van der Waals surface area contributed by atoms with Crippen LogP contribution in [0.15, 0.2) is 73.1 Å². The summed E-state index contributed by atoms with van der Waals surface area (Å²) in [5, 5.41) is 12.9. The minimum atomic E-state index is -0.769. The van der Waals surface area contributed by atoms with Crippen molar-refractivity contribution >= 4 is 5.91 Å². The van der Waals surface area contributed by atoms with E-state index in [9.17, 15) is 9.90 Å². The van der Waals surface area contributed by atoms with Crippen molar-refractivity contribution in [1.29, 1.82) is 0 Å². The fraction of sp³-hybridized carbons (Fsp3) is 0.280. The van der Waals surface area contributed by atoms with Crippen LogP contribution in [0.1, 0.15) is 53.9 Å². The first-order valence-electron chi connectivity index (χ1n) is 10.0. The van der Waals surface area contributed by atoms with Crippen LogP contribution in [-0.4, -0.2) is 22.5 Å². The number of nitrogens with zero attached hydrogens (tertiary/aromatic N) is 1. The van der Waals surface area contributed by atoms with Gasteiger partial charge in [-0.25, -0.2) is 0 Å². The zero-order valence-corrected chi connectivity index (χ0v) is 17.6. The van der Waals surface area contributed by atoms with E-state index in [1.807, 2.05) is 24.3 Å². The van der Waals surface area contributed by atoms with E-state index in [0.29, 0.717) is 17.7 Å². The first-order valence-corrected chi connectivity index (χ1v) is 10.0. The number of rotatable bonds is 7. The molecular weight excluding hydrogens is 376 g/mol. The number of hydrogen-bond donors (Lipinski definition) is 2. The lowest BCUT2D eigenvalue weighted by molar-refractivity contribution is 0.0916. The number of nitrogens with one attached hydrogen (secondary N) is 1. The average Bonchev–Trinajstić information content (AvgIpc) is 2.76. The van der Waals surface area contributed by atoms with Gasteiger partial charge >= 0.3 is 0 Å². The van der Waals surface area contributed by atoms with Crippen LogP contribution in [0.25, 0.3) is 0 Å². The summed E-state index contributed by atoms with van der Waals surface area (Å²) in [7, 11) is 0. The normalized spacial score (nSPS) is 12.3. The highest BCUT2D eigenvalue weighted by molar-refractivity contribution is 5.94. The van der Waals surface area contributed by atoms with Crippen LogP contribution in [0.2, 0.25) is 0 Å². The van der Waals surface area contributed by atoms with Crippen molar-refractivity contribution in [3.8, 4) is 5.75 Å². The molecule has 0 aliphatic carbocycles. The quantitative estimate of drug-likeness (QED) is 0.611. The molecule has 5 heteroatoms. The average molecular weight is 405 g/mol. The number of benzene rings is 2. The van der Waals surface area contributed by atoms with E-state index in [4.69, 9.17) is 4.74 Å². The summed E-state index contributed by atoms with van der Waals surface area (Å²) in [4.78, 5) is 16.2. The van der Waals surface area contributed by atoms with E-state index >= 15 is 0 Å². The molecule has 0 aliphatic heterocycles. The Morgan fingerprint density at radius 1 is 1.00 bits per heavy atom. The van der Waals surface area contributed by atoms with E-state index in [1.165, 1.54) is 5.56 Å². The minimum Gasteiger partial charge on any atom is -0.489 e.